The van der Waals surface area contributed by atoms with Gasteiger partial charge in [0.2, 0.25) is 0 Å². The van der Waals surface area contributed by atoms with E-state index in [9.17, 15) is 8.42 Å². The first-order chi connectivity index (χ1) is 8.48. The van der Waals surface area contributed by atoms with Crippen molar-refractivity contribution in [3.8, 4) is 0 Å². The number of sulfone groups is 1. The first-order valence-electron chi connectivity index (χ1n) is 6.72. The minimum atomic E-state index is -2.83. The van der Waals surface area contributed by atoms with Crippen LogP contribution in [-0.2, 0) is 9.84 Å². The number of nitrogens with one attached hydrogen (secondary N) is 1. The van der Waals surface area contributed by atoms with Gasteiger partial charge in [-0.05, 0) is 31.5 Å². The average molecular weight is 290 g/mol. The molecule has 0 aromatic heterocycles. The quantitative estimate of drug-likeness (QED) is 0.777. The second kappa shape index (κ2) is 5.74. The van der Waals surface area contributed by atoms with E-state index >= 15 is 0 Å². The van der Waals surface area contributed by atoms with Crippen molar-refractivity contribution in [2.24, 2.45) is 0 Å². The van der Waals surface area contributed by atoms with Gasteiger partial charge in [0.25, 0.3) is 0 Å². The third-order valence-electron chi connectivity index (χ3n) is 4.00. The van der Waals surface area contributed by atoms with E-state index in [1.807, 2.05) is 7.05 Å². The Morgan fingerprint density at radius 2 is 1.89 bits per heavy atom. The lowest BCUT2D eigenvalue weighted by atomic mass is 9.95. The molecule has 1 atom stereocenters. The van der Waals surface area contributed by atoms with Crippen LogP contribution < -0.4 is 5.32 Å². The Morgan fingerprint density at radius 3 is 2.44 bits per heavy atom. The molecule has 2 rings (SSSR count). The normalized spacial score (nSPS) is 27.9. The second-order valence-corrected chi connectivity index (χ2v) is 8.07. The Bertz CT molecular complexity index is 402. The fraction of sp³-hybridized carbons (Fsp3) is 0.917. The molecule has 0 amide bonds. The van der Waals surface area contributed by atoms with Gasteiger partial charge in [-0.3, -0.25) is 0 Å². The summed E-state index contributed by atoms with van der Waals surface area (Å²) >= 11 is 5.39. The number of hydrogen-bond donors (Lipinski definition) is 1. The van der Waals surface area contributed by atoms with Crippen LogP contribution in [0.15, 0.2) is 0 Å². The van der Waals surface area contributed by atoms with E-state index in [1.165, 1.54) is 32.1 Å². The third kappa shape index (κ3) is 3.57. The zero-order valence-corrected chi connectivity index (χ0v) is 12.5. The maximum absolute atomic E-state index is 11.4. The van der Waals surface area contributed by atoms with Crippen molar-refractivity contribution in [1.82, 2.24) is 10.2 Å². The Morgan fingerprint density at radius 1 is 1.22 bits per heavy atom. The molecule has 18 heavy (non-hydrogen) atoms. The van der Waals surface area contributed by atoms with Crippen molar-refractivity contribution in [1.29, 1.82) is 0 Å². The summed E-state index contributed by atoms with van der Waals surface area (Å²) < 4.78 is 22.8. The van der Waals surface area contributed by atoms with Gasteiger partial charge in [0.1, 0.15) is 0 Å². The molecule has 1 N–H and O–H groups in total. The third-order valence-corrected chi connectivity index (χ3v) is 6.18. The highest BCUT2D eigenvalue weighted by Gasteiger charge is 2.29. The Kier molecular flexibility index (Phi) is 4.48. The molecule has 104 valence electrons. The Balaban J connectivity index is 1.84. The largest absolute Gasteiger partial charge is 0.359 e. The van der Waals surface area contributed by atoms with Gasteiger partial charge in [-0.2, -0.15) is 0 Å². The standard InChI is InChI=1S/C12H22N2O2S2/c1-14(11-5-3-2-4-6-11)12(17)13-10-7-8-18(15,16)9-10/h10-11H,2-9H2,1H3,(H,13,17). The summed E-state index contributed by atoms with van der Waals surface area (Å²) in [6, 6.07) is 0.533. The minimum Gasteiger partial charge on any atom is -0.359 e. The van der Waals surface area contributed by atoms with Gasteiger partial charge in [-0.25, -0.2) is 8.42 Å². The SMILES string of the molecule is CN(C(=S)NC1CCS(=O)(=O)C1)C1CCCCC1. The van der Waals surface area contributed by atoms with Crippen LogP contribution in [0.2, 0.25) is 0 Å². The first kappa shape index (κ1) is 14.1. The number of hydrogen-bond acceptors (Lipinski definition) is 3. The summed E-state index contributed by atoms with van der Waals surface area (Å²) in [7, 11) is -0.810. The van der Waals surface area contributed by atoms with Crippen LogP contribution in [-0.4, -0.2) is 49.1 Å². The Labute approximate surface area is 115 Å². The maximum atomic E-state index is 11.4. The molecule has 0 aromatic carbocycles. The highest BCUT2D eigenvalue weighted by Crippen LogP contribution is 2.22. The lowest BCUT2D eigenvalue weighted by molar-refractivity contribution is 0.274. The van der Waals surface area contributed by atoms with Crippen LogP contribution in [0, 0.1) is 0 Å². The molecule has 6 heteroatoms. The number of thiocarbonyl (C=S) groups is 1. The van der Waals surface area contributed by atoms with E-state index in [0.29, 0.717) is 23.3 Å². The summed E-state index contributed by atoms with van der Waals surface area (Å²) in [5.74, 6) is 0.520. The topological polar surface area (TPSA) is 49.4 Å². The van der Waals surface area contributed by atoms with Crippen LogP contribution in [0.3, 0.4) is 0 Å². The highest BCUT2D eigenvalue weighted by atomic mass is 32.2. The molecular weight excluding hydrogens is 268 g/mol. The van der Waals surface area contributed by atoms with Crippen LogP contribution in [0.25, 0.3) is 0 Å². The van der Waals surface area contributed by atoms with E-state index in [4.69, 9.17) is 12.2 Å². The molecular formula is C12H22N2O2S2. The van der Waals surface area contributed by atoms with Gasteiger partial charge in [-0.15, -0.1) is 0 Å². The second-order valence-electron chi connectivity index (χ2n) is 5.45. The predicted octanol–water partition coefficient (Wildman–Crippen LogP) is 1.31. The van der Waals surface area contributed by atoms with Gasteiger partial charge in [0.05, 0.1) is 11.5 Å². The van der Waals surface area contributed by atoms with E-state index in [2.05, 4.69) is 10.2 Å². The van der Waals surface area contributed by atoms with Crippen molar-refractivity contribution in [2.45, 2.75) is 50.6 Å². The molecule has 1 aliphatic carbocycles. The lowest BCUT2D eigenvalue weighted by Gasteiger charge is -2.34. The van der Waals surface area contributed by atoms with Crippen molar-refractivity contribution in [3.05, 3.63) is 0 Å². The van der Waals surface area contributed by atoms with E-state index in [1.54, 1.807) is 0 Å². The summed E-state index contributed by atoms with van der Waals surface area (Å²) in [4.78, 5) is 2.12. The molecule has 0 aromatic rings. The van der Waals surface area contributed by atoms with Crippen molar-refractivity contribution in [3.63, 3.8) is 0 Å². The molecule has 0 bridgehead atoms. The summed E-state index contributed by atoms with van der Waals surface area (Å²) in [5.41, 5.74) is 0. The van der Waals surface area contributed by atoms with Crippen LogP contribution in [0.5, 0.6) is 0 Å². The summed E-state index contributed by atoms with van der Waals surface area (Å²) in [5, 5.41) is 3.92. The van der Waals surface area contributed by atoms with Crippen molar-refractivity contribution >= 4 is 27.2 Å². The van der Waals surface area contributed by atoms with Crippen molar-refractivity contribution < 1.29 is 8.42 Å². The minimum absolute atomic E-state index is 0.00791. The molecule has 1 saturated carbocycles. The van der Waals surface area contributed by atoms with Gasteiger partial charge in [0.15, 0.2) is 14.9 Å². The molecule has 0 radical (unpaired) electrons. The average Bonchev–Trinajstić information content (AvgIpc) is 2.68. The smallest absolute Gasteiger partial charge is 0.169 e. The van der Waals surface area contributed by atoms with Crippen LogP contribution >= 0.6 is 12.2 Å². The van der Waals surface area contributed by atoms with E-state index in [-0.39, 0.29) is 11.8 Å². The summed E-state index contributed by atoms with van der Waals surface area (Å²) in [6.07, 6.45) is 6.94. The van der Waals surface area contributed by atoms with E-state index in [0.717, 1.165) is 0 Å². The van der Waals surface area contributed by atoms with Crippen LogP contribution in [0.4, 0.5) is 0 Å². The fourth-order valence-electron chi connectivity index (χ4n) is 2.82. The molecule has 2 fully saturated rings. The maximum Gasteiger partial charge on any atom is 0.169 e. The zero-order valence-electron chi connectivity index (χ0n) is 10.9. The van der Waals surface area contributed by atoms with Gasteiger partial charge in [0, 0.05) is 19.1 Å². The van der Waals surface area contributed by atoms with E-state index < -0.39 is 9.84 Å². The monoisotopic (exact) mass is 290 g/mol. The molecule has 1 unspecified atom stereocenters. The zero-order chi connectivity index (χ0) is 13.2. The fourth-order valence-corrected chi connectivity index (χ4v) is 4.81. The van der Waals surface area contributed by atoms with Gasteiger partial charge in [-0.1, -0.05) is 19.3 Å². The molecule has 2 aliphatic rings. The molecule has 1 aliphatic heterocycles. The summed E-state index contributed by atoms with van der Waals surface area (Å²) in [6.45, 7) is 0. The lowest BCUT2D eigenvalue weighted by Crippen LogP contribution is -2.48. The van der Waals surface area contributed by atoms with Gasteiger partial charge < -0.3 is 10.2 Å². The molecule has 1 saturated heterocycles. The predicted molar refractivity (Wildman–Crippen MR) is 77.4 cm³/mol. The van der Waals surface area contributed by atoms with Crippen molar-refractivity contribution in [2.75, 3.05) is 18.6 Å². The Hall–Kier alpha value is -0.360. The first-order valence-corrected chi connectivity index (χ1v) is 8.95. The number of rotatable bonds is 2. The van der Waals surface area contributed by atoms with Crippen LogP contribution in [0.1, 0.15) is 38.5 Å². The molecule has 1 heterocycles. The molecule has 4 nitrogen and oxygen atoms in total. The number of nitrogens with zero attached hydrogens (tertiary/aromatic N) is 1. The van der Waals surface area contributed by atoms with Gasteiger partial charge >= 0.3 is 0 Å². The highest BCUT2D eigenvalue weighted by molar-refractivity contribution is 7.91. The molecule has 0 spiro atoms.